The minimum Gasteiger partial charge on any atom is -0.493 e. The number of para-hydroxylation sites is 1. The molecule has 1 fully saturated rings. The first-order valence-corrected chi connectivity index (χ1v) is 9.20. The molecule has 1 aliphatic heterocycles. The van der Waals surface area contributed by atoms with Crippen LogP contribution in [0.4, 0.5) is 10.1 Å². The van der Waals surface area contributed by atoms with Gasteiger partial charge >= 0.3 is 0 Å². The van der Waals surface area contributed by atoms with E-state index in [0.717, 1.165) is 24.2 Å². The van der Waals surface area contributed by atoms with Crippen molar-refractivity contribution in [2.75, 3.05) is 11.9 Å². The van der Waals surface area contributed by atoms with Crippen LogP contribution in [0.1, 0.15) is 24.3 Å². The van der Waals surface area contributed by atoms with E-state index in [0.29, 0.717) is 23.7 Å². The molecule has 2 heterocycles. The number of rotatable bonds is 3. The largest absolute Gasteiger partial charge is 0.493 e. The lowest BCUT2D eigenvalue weighted by atomic mass is 9.87. The van der Waals surface area contributed by atoms with Crippen molar-refractivity contribution >= 4 is 11.6 Å². The van der Waals surface area contributed by atoms with Crippen LogP contribution in [-0.4, -0.2) is 22.7 Å². The van der Waals surface area contributed by atoms with Crippen molar-refractivity contribution in [3.05, 3.63) is 59.7 Å². The van der Waals surface area contributed by atoms with Crippen LogP contribution < -0.4 is 10.1 Å². The second-order valence-electron chi connectivity index (χ2n) is 7.31. The normalized spacial score (nSPS) is 22.4. The number of ether oxygens (including phenoxy) is 1. The quantitative estimate of drug-likeness (QED) is 0.748. The maximum absolute atomic E-state index is 13.8. The Morgan fingerprint density at radius 3 is 2.93 bits per heavy atom. The summed E-state index contributed by atoms with van der Waals surface area (Å²) in [6, 6.07) is 12.0. The van der Waals surface area contributed by atoms with Crippen molar-refractivity contribution in [1.29, 1.82) is 0 Å². The average molecular weight is 379 g/mol. The molecule has 0 bridgehead atoms. The van der Waals surface area contributed by atoms with Gasteiger partial charge in [-0.2, -0.15) is 0 Å². The van der Waals surface area contributed by atoms with E-state index in [4.69, 9.17) is 9.15 Å². The number of benzene rings is 2. The highest BCUT2D eigenvalue weighted by atomic mass is 19.1. The summed E-state index contributed by atoms with van der Waals surface area (Å²) in [6.07, 6.45) is 1.58. The topological polar surface area (TPSA) is 77.2 Å². The van der Waals surface area contributed by atoms with Crippen LogP contribution >= 0.6 is 0 Å². The van der Waals surface area contributed by atoms with Crippen LogP contribution in [0.5, 0.6) is 5.75 Å². The third-order valence-electron chi connectivity index (χ3n) is 5.62. The van der Waals surface area contributed by atoms with Gasteiger partial charge in [0.2, 0.25) is 17.7 Å². The first-order valence-electron chi connectivity index (χ1n) is 9.20. The van der Waals surface area contributed by atoms with Gasteiger partial charge < -0.3 is 14.5 Å². The summed E-state index contributed by atoms with van der Waals surface area (Å²) >= 11 is 0. The van der Waals surface area contributed by atoms with Crippen molar-refractivity contribution in [2.24, 2.45) is 5.92 Å². The molecule has 28 heavy (non-hydrogen) atoms. The maximum Gasteiger partial charge on any atom is 0.249 e. The van der Waals surface area contributed by atoms with Gasteiger partial charge in [0.1, 0.15) is 11.6 Å². The minimum absolute atomic E-state index is 0.0965. The molecule has 142 valence electrons. The maximum atomic E-state index is 13.8. The summed E-state index contributed by atoms with van der Waals surface area (Å²) in [5, 5.41) is 10.7. The molecule has 5 rings (SSSR count). The van der Waals surface area contributed by atoms with Gasteiger partial charge in [-0.1, -0.05) is 18.2 Å². The Bertz CT molecular complexity index is 1080. The number of fused-ring (bicyclic) bond motifs is 2. The first-order chi connectivity index (χ1) is 13.6. The fourth-order valence-corrected chi connectivity index (χ4v) is 4.13. The molecule has 1 N–H and O–H groups in total. The lowest BCUT2D eigenvalue weighted by Gasteiger charge is -2.26. The van der Waals surface area contributed by atoms with Gasteiger partial charge in [0.05, 0.1) is 17.9 Å². The highest BCUT2D eigenvalue weighted by molar-refractivity contribution is 5.99. The number of aromatic nitrogens is 2. The molecule has 7 heteroatoms. The van der Waals surface area contributed by atoms with Crippen LogP contribution in [0, 0.1) is 18.7 Å². The van der Waals surface area contributed by atoms with E-state index in [1.807, 2.05) is 24.3 Å². The zero-order chi connectivity index (χ0) is 19.3. The van der Waals surface area contributed by atoms with E-state index in [9.17, 15) is 9.18 Å². The summed E-state index contributed by atoms with van der Waals surface area (Å²) < 4.78 is 24.9. The number of amides is 1. The highest BCUT2D eigenvalue weighted by Crippen LogP contribution is 2.60. The molecule has 1 aliphatic carbocycles. The molecule has 2 aromatic carbocycles. The van der Waals surface area contributed by atoms with E-state index in [-0.39, 0.29) is 23.1 Å². The highest BCUT2D eigenvalue weighted by Gasteiger charge is 2.61. The van der Waals surface area contributed by atoms with E-state index in [1.54, 1.807) is 6.92 Å². The summed E-state index contributed by atoms with van der Waals surface area (Å²) in [7, 11) is 0. The van der Waals surface area contributed by atoms with Crippen LogP contribution in [0.25, 0.3) is 11.5 Å². The number of carbonyl (C=O) groups excluding carboxylic acids is 1. The molecular weight excluding hydrogens is 361 g/mol. The Morgan fingerprint density at radius 2 is 2.11 bits per heavy atom. The number of hydrogen-bond acceptors (Lipinski definition) is 5. The smallest absolute Gasteiger partial charge is 0.249 e. The van der Waals surface area contributed by atoms with Crippen molar-refractivity contribution in [3.8, 4) is 17.2 Å². The second kappa shape index (κ2) is 6.15. The number of halogens is 1. The molecule has 6 nitrogen and oxygen atoms in total. The van der Waals surface area contributed by atoms with Gasteiger partial charge in [0.25, 0.3) is 0 Å². The van der Waals surface area contributed by atoms with Gasteiger partial charge in [-0.05, 0) is 37.1 Å². The summed E-state index contributed by atoms with van der Waals surface area (Å²) in [6.45, 7) is 2.26. The van der Waals surface area contributed by atoms with Gasteiger partial charge in [0.15, 0.2) is 0 Å². The monoisotopic (exact) mass is 379 g/mol. The lowest BCUT2D eigenvalue weighted by molar-refractivity contribution is -0.117. The Morgan fingerprint density at radius 1 is 1.25 bits per heavy atom. The molecule has 0 saturated heterocycles. The molecule has 2 aliphatic rings. The van der Waals surface area contributed by atoms with Gasteiger partial charge in [-0.15, -0.1) is 10.2 Å². The fourth-order valence-electron chi connectivity index (χ4n) is 4.13. The van der Waals surface area contributed by atoms with E-state index < -0.39 is 5.82 Å². The molecule has 1 saturated carbocycles. The standard InChI is InChI=1S/C21H18FN3O3/c1-12-24-25-20(28-12)14-10-13(22)6-7-17(14)23-19(26)16-11-21(16)8-9-27-18-5-3-2-4-15(18)21/h2-7,10,16H,8-9,11H2,1H3,(H,23,26)/t16-,21-/m0/s1. The van der Waals surface area contributed by atoms with Crippen molar-refractivity contribution in [1.82, 2.24) is 10.2 Å². The van der Waals surface area contributed by atoms with Crippen LogP contribution in [0.2, 0.25) is 0 Å². The molecule has 2 atom stereocenters. The Hall–Kier alpha value is -3.22. The van der Waals surface area contributed by atoms with E-state index >= 15 is 0 Å². The summed E-state index contributed by atoms with van der Waals surface area (Å²) in [4.78, 5) is 13.0. The number of hydrogen-bond donors (Lipinski definition) is 1. The van der Waals surface area contributed by atoms with Crippen molar-refractivity contribution in [3.63, 3.8) is 0 Å². The number of anilines is 1. The van der Waals surface area contributed by atoms with Crippen molar-refractivity contribution in [2.45, 2.75) is 25.2 Å². The Kier molecular flexibility index (Phi) is 3.72. The van der Waals surface area contributed by atoms with Crippen LogP contribution in [0.15, 0.2) is 46.9 Å². The second-order valence-corrected chi connectivity index (χ2v) is 7.31. The molecule has 1 amide bonds. The molecule has 0 radical (unpaired) electrons. The number of nitrogens with one attached hydrogen (secondary N) is 1. The van der Waals surface area contributed by atoms with Gasteiger partial charge in [-0.3, -0.25) is 4.79 Å². The van der Waals surface area contributed by atoms with E-state index in [1.165, 1.54) is 18.2 Å². The number of carbonyl (C=O) groups is 1. The first kappa shape index (κ1) is 16.9. The predicted molar refractivity (Wildman–Crippen MR) is 99.4 cm³/mol. The third kappa shape index (κ3) is 2.66. The fraction of sp³-hybridized carbons (Fsp3) is 0.286. The number of nitrogens with zero attached hydrogens (tertiary/aromatic N) is 2. The zero-order valence-electron chi connectivity index (χ0n) is 15.2. The molecule has 1 spiro atoms. The van der Waals surface area contributed by atoms with E-state index in [2.05, 4.69) is 15.5 Å². The summed E-state index contributed by atoms with van der Waals surface area (Å²) in [5.41, 5.74) is 1.74. The van der Waals surface area contributed by atoms with Crippen LogP contribution in [-0.2, 0) is 10.2 Å². The van der Waals surface area contributed by atoms with Crippen LogP contribution in [0.3, 0.4) is 0 Å². The minimum atomic E-state index is -0.440. The molecule has 3 aromatic rings. The SMILES string of the molecule is Cc1nnc(-c2cc(F)ccc2NC(=O)[C@@H]2C[C@]23CCOc2ccccc23)o1. The van der Waals surface area contributed by atoms with Gasteiger partial charge in [-0.25, -0.2) is 4.39 Å². The predicted octanol–water partition coefficient (Wildman–Crippen LogP) is 3.86. The van der Waals surface area contributed by atoms with Crippen molar-refractivity contribution < 1.29 is 18.3 Å². The zero-order valence-corrected chi connectivity index (χ0v) is 15.2. The average Bonchev–Trinajstić information content (AvgIpc) is 3.25. The molecule has 0 unspecified atom stereocenters. The molecule has 1 aromatic heterocycles. The molecular formula is C21H18FN3O3. The third-order valence-corrected chi connectivity index (χ3v) is 5.62. The lowest BCUT2D eigenvalue weighted by Crippen LogP contribution is -2.26. The van der Waals surface area contributed by atoms with Gasteiger partial charge in [0, 0.05) is 23.8 Å². The Balaban J connectivity index is 1.43. The number of aryl methyl sites for hydroxylation is 1. The summed E-state index contributed by atoms with van der Waals surface area (Å²) in [5.74, 6) is 0.712. The Labute approximate surface area is 160 Å².